The Kier molecular flexibility index (Phi) is 2.56. The Labute approximate surface area is 108 Å². The maximum atomic E-state index is 3.75. The van der Waals surface area contributed by atoms with Crippen LogP contribution in [0.1, 0.15) is 17.7 Å². The zero-order valence-corrected chi connectivity index (χ0v) is 11.3. The second kappa shape index (κ2) is 3.94. The molecule has 0 N–H and O–H groups in total. The van der Waals surface area contributed by atoms with Crippen molar-refractivity contribution in [3.8, 4) is 0 Å². The van der Waals surface area contributed by atoms with E-state index in [0.29, 0.717) is 5.25 Å². The van der Waals surface area contributed by atoms with Gasteiger partial charge in [0.1, 0.15) is 0 Å². The zero-order valence-electron chi connectivity index (χ0n) is 8.91. The van der Waals surface area contributed by atoms with Crippen LogP contribution in [0.5, 0.6) is 0 Å². The smallest absolute Gasteiger partial charge is 0.0666 e. The molecule has 16 heavy (non-hydrogen) atoms. The molecule has 1 aromatic rings. The summed E-state index contributed by atoms with van der Waals surface area (Å²) in [5.74, 6) is 0. The maximum absolute atomic E-state index is 3.75. The molecule has 1 atom stereocenters. The van der Waals surface area contributed by atoms with Crippen LogP contribution in [0.15, 0.2) is 63.0 Å². The molecule has 1 aromatic carbocycles. The predicted octanol–water partition coefficient (Wildman–Crippen LogP) is 4.97. The van der Waals surface area contributed by atoms with Crippen molar-refractivity contribution < 1.29 is 0 Å². The number of rotatable bonds is 1. The van der Waals surface area contributed by atoms with Crippen molar-refractivity contribution in [2.45, 2.75) is 12.2 Å². The van der Waals surface area contributed by atoms with Gasteiger partial charge >= 0.3 is 0 Å². The second-order valence-corrected chi connectivity index (χ2v) is 6.07. The molecule has 0 radical (unpaired) electrons. The molecular formula is C14H11BrS. The number of fused-ring (bicyclic) bond motifs is 1. The first kappa shape index (κ1) is 10.4. The highest BCUT2D eigenvalue weighted by molar-refractivity contribution is 9.12. The molecule has 2 heteroatoms. The first-order valence-electron chi connectivity index (χ1n) is 5.27. The highest BCUT2D eigenvalue weighted by Gasteiger charge is 2.30. The normalized spacial score (nSPS) is 23.2. The van der Waals surface area contributed by atoms with E-state index in [4.69, 9.17) is 0 Å². The highest BCUT2D eigenvalue weighted by atomic mass is 79.9. The van der Waals surface area contributed by atoms with Gasteiger partial charge in [0.25, 0.3) is 0 Å². The highest BCUT2D eigenvalue weighted by Crippen LogP contribution is 2.55. The molecule has 0 saturated heterocycles. The van der Waals surface area contributed by atoms with Gasteiger partial charge in [-0.1, -0.05) is 52.3 Å². The summed E-state index contributed by atoms with van der Waals surface area (Å²) >= 11 is 5.68. The van der Waals surface area contributed by atoms with E-state index in [0.717, 1.165) is 0 Å². The topological polar surface area (TPSA) is 0 Å². The van der Waals surface area contributed by atoms with Gasteiger partial charge in [-0.3, -0.25) is 0 Å². The molecule has 0 spiro atoms. The fourth-order valence-corrected chi connectivity index (χ4v) is 4.40. The summed E-state index contributed by atoms with van der Waals surface area (Å²) in [6.45, 7) is 2.15. The van der Waals surface area contributed by atoms with Gasteiger partial charge in [0.2, 0.25) is 0 Å². The van der Waals surface area contributed by atoms with Crippen LogP contribution in [0.4, 0.5) is 0 Å². The zero-order chi connectivity index (χ0) is 11.1. The van der Waals surface area contributed by atoms with Crippen LogP contribution in [0.25, 0.3) is 0 Å². The van der Waals surface area contributed by atoms with Crippen molar-refractivity contribution in [3.63, 3.8) is 0 Å². The van der Waals surface area contributed by atoms with E-state index in [-0.39, 0.29) is 0 Å². The molecule has 0 aromatic heterocycles. The molecule has 0 nitrogen and oxygen atoms in total. The standard InChI is InChI=1S/C14H11BrS/c1-9-7-11-12(8-9)16-14(13(11)15)10-5-3-2-4-6-10/h2-8,14H,1H3. The molecular weight excluding hydrogens is 280 g/mol. The minimum absolute atomic E-state index is 0.437. The lowest BCUT2D eigenvalue weighted by atomic mass is 10.1. The molecule has 1 heterocycles. The van der Waals surface area contributed by atoms with Crippen LogP contribution >= 0.6 is 27.7 Å². The van der Waals surface area contributed by atoms with Crippen LogP contribution in [0.2, 0.25) is 0 Å². The predicted molar refractivity (Wildman–Crippen MR) is 74.6 cm³/mol. The monoisotopic (exact) mass is 290 g/mol. The number of hydrogen-bond donors (Lipinski definition) is 0. The second-order valence-electron chi connectivity index (χ2n) is 4.07. The lowest BCUT2D eigenvalue weighted by molar-refractivity contribution is 1.22. The Morgan fingerprint density at radius 3 is 2.56 bits per heavy atom. The fraction of sp³-hybridized carbons (Fsp3) is 0.143. The van der Waals surface area contributed by atoms with Crippen molar-refractivity contribution in [1.82, 2.24) is 0 Å². The minimum atomic E-state index is 0.437. The van der Waals surface area contributed by atoms with Crippen LogP contribution < -0.4 is 0 Å². The average Bonchev–Trinajstić information content (AvgIpc) is 2.79. The Morgan fingerprint density at radius 2 is 1.88 bits per heavy atom. The summed E-state index contributed by atoms with van der Waals surface area (Å²) < 4.78 is 1.31. The first-order valence-corrected chi connectivity index (χ1v) is 6.94. The number of benzene rings is 1. The number of halogens is 1. The molecule has 2 aliphatic rings. The number of allylic oxidation sites excluding steroid dienone is 4. The van der Waals surface area contributed by atoms with Crippen molar-refractivity contribution in [1.29, 1.82) is 0 Å². The van der Waals surface area contributed by atoms with E-state index in [1.807, 2.05) is 11.8 Å². The summed E-state index contributed by atoms with van der Waals surface area (Å²) in [7, 11) is 0. The summed E-state index contributed by atoms with van der Waals surface area (Å²) in [5.41, 5.74) is 4.09. The van der Waals surface area contributed by atoms with E-state index >= 15 is 0 Å². The minimum Gasteiger partial charge on any atom is -0.112 e. The molecule has 1 unspecified atom stereocenters. The largest absolute Gasteiger partial charge is 0.112 e. The van der Waals surface area contributed by atoms with Gasteiger partial charge < -0.3 is 0 Å². The van der Waals surface area contributed by atoms with E-state index < -0.39 is 0 Å². The van der Waals surface area contributed by atoms with Crippen molar-refractivity contribution in [3.05, 3.63) is 68.6 Å². The van der Waals surface area contributed by atoms with Gasteiger partial charge in [-0.2, -0.15) is 0 Å². The summed E-state index contributed by atoms with van der Waals surface area (Å²) in [6.07, 6.45) is 4.53. The van der Waals surface area contributed by atoms with Gasteiger partial charge in [-0.05, 0) is 29.7 Å². The third-order valence-electron chi connectivity index (χ3n) is 2.83. The lowest BCUT2D eigenvalue weighted by Gasteiger charge is -2.10. The van der Waals surface area contributed by atoms with Crippen LogP contribution in [-0.2, 0) is 0 Å². The average molecular weight is 291 g/mol. The van der Waals surface area contributed by atoms with Gasteiger partial charge in [0.05, 0.1) is 5.25 Å². The molecule has 80 valence electrons. The van der Waals surface area contributed by atoms with Crippen LogP contribution in [-0.4, -0.2) is 0 Å². The van der Waals surface area contributed by atoms with Crippen LogP contribution in [0, 0.1) is 0 Å². The maximum Gasteiger partial charge on any atom is 0.0666 e. The number of hydrogen-bond acceptors (Lipinski definition) is 1. The fourth-order valence-electron chi connectivity index (χ4n) is 2.07. The molecule has 0 amide bonds. The Balaban J connectivity index is 2.02. The lowest BCUT2D eigenvalue weighted by Crippen LogP contribution is -1.89. The Hall–Kier alpha value is -0.730. The van der Waals surface area contributed by atoms with Crippen molar-refractivity contribution >= 4 is 27.7 Å². The summed E-state index contributed by atoms with van der Waals surface area (Å²) in [5, 5.41) is 0.437. The number of thioether (sulfide) groups is 1. The van der Waals surface area contributed by atoms with E-state index in [1.165, 1.54) is 26.1 Å². The molecule has 1 aliphatic carbocycles. The summed E-state index contributed by atoms with van der Waals surface area (Å²) in [6, 6.07) is 10.7. The van der Waals surface area contributed by atoms with Gasteiger partial charge in [-0.25, -0.2) is 0 Å². The molecule has 0 bridgehead atoms. The Bertz CT molecular complexity index is 523. The van der Waals surface area contributed by atoms with Crippen molar-refractivity contribution in [2.24, 2.45) is 0 Å². The third kappa shape index (κ3) is 1.61. The first-order chi connectivity index (χ1) is 7.75. The third-order valence-corrected chi connectivity index (χ3v) is 5.35. The molecule has 3 rings (SSSR count). The van der Waals surface area contributed by atoms with E-state index in [9.17, 15) is 0 Å². The Morgan fingerprint density at radius 1 is 1.12 bits per heavy atom. The quantitative estimate of drug-likeness (QED) is 0.704. The van der Waals surface area contributed by atoms with Gasteiger partial charge in [0, 0.05) is 9.39 Å². The molecule has 0 fully saturated rings. The van der Waals surface area contributed by atoms with E-state index in [1.54, 1.807) is 0 Å². The molecule has 1 aliphatic heterocycles. The molecule has 0 saturated carbocycles. The SMILES string of the molecule is CC1=CC2=C(Br)C(c3ccccc3)SC2=C1. The van der Waals surface area contributed by atoms with Crippen molar-refractivity contribution in [2.75, 3.05) is 0 Å². The van der Waals surface area contributed by atoms with Crippen LogP contribution in [0.3, 0.4) is 0 Å². The van der Waals surface area contributed by atoms with Gasteiger partial charge in [-0.15, -0.1) is 11.8 Å². The summed E-state index contributed by atoms with van der Waals surface area (Å²) in [4.78, 5) is 1.40. The van der Waals surface area contributed by atoms with Gasteiger partial charge in [0.15, 0.2) is 0 Å². The van der Waals surface area contributed by atoms with E-state index in [2.05, 4.69) is 65.3 Å².